The minimum absolute atomic E-state index is 0.428. The number of rotatable bonds is 5. The molecule has 1 aromatic heterocycles. The van der Waals surface area contributed by atoms with Gasteiger partial charge in [-0.3, -0.25) is 9.88 Å². The lowest BCUT2D eigenvalue weighted by atomic mass is 10.0. The Labute approximate surface area is 148 Å². The summed E-state index contributed by atoms with van der Waals surface area (Å²) in [6, 6.07) is 9.52. The summed E-state index contributed by atoms with van der Waals surface area (Å²) in [5.74, 6) is 0. The third kappa shape index (κ3) is 4.16. The summed E-state index contributed by atoms with van der Waals surface area (Å²) in [5, 5.41) is 11.5. The predicted molar refractivity (Wildman–Crippen MR) is 97.2 cm³/mol. The fourth-order valence-electron chi connectivity index (χ4n) is 3.11. The van der Waals surface area contributed by atoms with Crippen LogP contribution < -0.4 is 4.72 Å². The smallest absolute Gasteiger partial charge is 0.279 e. The highest BCUT2D eigenvalue weighted by atomic mass is 32.2. The summed E-state index contributed by atoms with van der Waals surface area (Å²) in [7, 11) is -0.598. The van der Waals surface area contributed by atoms with Crippen molar-refractivity contribution in [2.45, 2.75) is 25.1 Å². The number of aliphatic hydroxyl groups is 1. The molecule has 25 heavy (non-hydrogen) atoms. The van der Waals surface area contributed by atoms with Crippen molar-refractivity contribution in [3.8, 4) is 0 Å². The van der Waals surface area contributed by atoms with E-state index in [2.05, 4.69) is 14.6 Å². The van der Waals surface area contributed by atoms with Gasteiger partial charge in [-0.05, 0) is 24.1 Å². The first-order chi connectivity index (χ1) is 11.9. The average Bonchev–Trinajstić information content (AvgIpc) is 2.57. The number of nitrogens with zero attached hydrogens (tertiary/aromatic N) is 3. The quantitative estimate of drug-likeness (QED) is 0.810. The molecule has 0 saturated carbocycles. The fraction of sp³-hybridized carbons (Fsp3) is 0.471. The summed E-state index contributed by atoms with van der Waals surface area (Å²) in [6.07, 6.45) is 1.63. The van der Waals surface area contributed by atoms with E-state index in [0.717, 1.165) is 20.8 Å². The molecule has 2 N–H and O–H groups in total. The van der Waals surface area contributed by atoms with Gasteiger partial charge in [0.25, 0.3) is 10.2 Å². The Bertz CT molecular complexity index is 835. The number of hydrogen-bond donors (Lipinski definition) is 2. The topological polar surface area (TPSA) is 85.8 Å². The number of benzene rings is 1. The third-order valence-corrected chi connectivity index (χ3v) is 6.14. The van der Waals surface area contributed by atoms with Gasteiger partial charge in [-0.2, -0.15) is 17.4 Å². The average molecular weight is 364 g/mol. The Morgan fingerprint density at radius 2 is 2.08 bits per heavy atom. The van der Waals surface area contributed by atoms with E-state index in [4.69, 9.17) is 0 Å². The molecule has 1 saturated heterocycles. The number of fused-ring (bicyclic) bond motifs is 1. The number of pyridine rings is 1. The standard InChI is InChI=1S/C17H24N4O3S/c1-20(2)25(23,24)19-16-8-10-21(12-17(16)22)11-13-7-9-18-15-6-4-3-5-14(13)15/h3-7,9,16-17,19,22H,8,10-12H2,1-2H3/t16-,17-/m1/s1. The van der Waals surface area contributed by atoms with E-state index in [1.807, 2.05) is 30.3 Å². The number of β-amino-alcohol motifs (C(OH)–C–C–N with tert-alkyl or cyclic N) is 1. The molecular formula is C17H24N4O3S. The number of likely N-dealkylation sites (tertiary alicyclic amines) is 1. The molecule has 1 fully saturated rings. The normalized spacial score (nSPS) is 22.6. The molecule has 0 spiro atoms. The molecule has 0 amide bonds. The van der Waals surface area contributed by atoms with Crippen LogP contribution in [0.2, 0.25) is 0 Å². The lowest BCUT2D eigenvalue weighted by Crippen LogP contribution is -2.55. The van der Waals surface area contributed by atoms with Gasteiger partial charge in [0.15, 0.2) is 0 Å². The maximum Gasteiger partial charge on any atom is 0.279 e. The van der Waals surface area contributed by atoms with E-state index < -0.39 is 22.4 Å². The molecule has 2 aromatic rings. The molecular weight excluding hydrogens is 340 g/mol. The Morgan fingerprint density at radius 3 is 2.80 bits per heavy atom. The molecule has 1 aliphatic heterocycles. The van der Waals surface area contributed by atoms with Gasteiger partial charge < -0.3 is 5.11 Å². The first-order valence-corrected chi connectivity index (χ1v) is 9.73. The number of para-hydroxylation sites is 1. The van der Waals surface area contributed by atoms with Crippen molar-refractivity contribution in [2.75, 3.05) is 27.2 Å². The number of piperidine rings is 1. The van der Waals surface area contributed by atoms with Crippen molar-refractivity contribution in [2.24, 2.45) is 0 Å². The SMILES string of the molecule is CN(C)S(=O)(=O)N[C@@H]1CCN(Cc2ccnc3ccccc23)C[C@H]1O. The Kier molecular flexibility index (Phi) is 5.35. The van der Waals surface area contributed by atoms with Gasteiger partial charge in [0.2, 0.25) is 0 Å². The molecule has 2 atom stereocenters. The van der Waals surface area contributed by atoms with Gasteiger partial charge in [-0.1, -0.05) is 18.2 Å². The highest BCUT2D eigenvalue weighted by molar-refractivity contribution is 7.87. The Balaban J connectivity index is 1.67. The molecule has 0 radical (unpaired) electrons. The second-order valence-electron chi connectivity index (χ2n) is 6.59. The van der Waals surface area contributed by atoms with Gasteiger partial charge in [0, 0.05) is 45.3 Å². The third-order valence-electron chi connectivity index (χ3n) is 4.58. The first-order valence-electron chi connectivity index (χ1n) is 8.29. The van der Waals surface area contributed by atoms with Crippen LogP contribution >= 0.6 is 0 Å². The van der Waals surface area contributed by atoms with Crippen molar-refractivity contribution < 1.29 is 13.5 Å². The van der Waals surface area contributed by atoms with E-state index in [1.165, 1.54) is 14.1 Å². The van der Waals surface area contributed by atoms with Gasteiger partial charge >= 0.3 is 0 Å². The van der Waals surface area contributed by atoms with Crippen LogP contribution in [0, 0.1) is 0 Å². The van der Waals surface area contributed by atoms with Crippen LogP contribution in [-0.4, -0.2) is 67.0 Å². The first kappa shape index (κ1) is 18.2. The summed E-state index contributed by atoms with van der Waals surface area (Å²) in [5.41, 5.74) is 2.11. The van der Waals surface area contributed by atoms with Gasteiger partial charge in [-0.15, -0.1) is 0 Å². The second-order valence-corrected chi connectivity index (χ2v) is 8.51. The lowest BCUT2D eigenvalue weighted by Gasteiger charge is -2.36. The number of aliphatic hydroxyl groups excluding tert-OH is 1. The van der Waals surface area contributed by atoms with Crippen molar-refractivity contribution in [1.82, 2.24) is 18.9 Å². The van der Waals surface area contributed by atoms with Crippen molar-refractivity contribution in [3.63, 3.8) is 0 Å². The van der Waals surface area contributed by atoms with E-state index in [-0.39, 0.29) is 0 Å². The van der Waals surface area contributed by atoms with Crippen LogP contribution in [0.25, 0.3) is 10.9 Å². The van der Waals surface area contributed by atoms with Gasteiger partial charge in [0.1, 0.15) is 0 Å². The zero-order valence-electron chi connectivity index (χ0n) is 14.5. The van der Waals surface area contributed by atoms with Crippen LogP contribution in [0.3, 0.4) is 0 Å². The number of aromatic nitrogens is 1. The maximum atomic E-state index is 11.9. The lowest BCUT2D eigenvalue weighted by molar-refractivity contribution is 0.0443. The summed E-state index contributed by atoms with van der Waals surface area (Å²) in [4.78, 5) is 6.52. The number of nitrogens with one attached hydrogen (secondary N) is 1. The van der Waals surface area contributed by atoms with E-state index in [0.29, 0.717) is 26.1 Å². The molecule has 1 aromatic carbocycles. The van der Waals surface area contributed by atoms with Crippen molar-refractivity contribution in [3.05, 3.63) is 42.1 Å². The fourth-order valence-corrected chi connectivity index (χ4v) is 3.98. The van der Waals surface area contributed by atoms with E-state index >= 15 is 0 Å². The second kappa shape index (κ2) is 7.35. The van der Waals surface area contributed by atoms with Crippen LogP contribution in [0.4, 0.5) is 0 Å². The molecule has 136 valence electrons. The molecule has 2 heterocycles. The molecule has 1 aliphatic rings. The molecule has 0 aliphatic carbocycles. The number of hydrogen-bond acceptors (Lipinski definition) is 5. The van der Waals surface area contributed by atoms with E-state index in [1.54, 1.807) is 6.20 Å². The largest absolute Gasteiger partial charge is 0.390 e. The maximum absolute atomic E-state index is 11.9. The monoisotopic (exact) mass is 364 g/mol. The van der Waals surface area contributed by atoms with Gasteiger partial charge in [-0.25, -0.2) is 0 Å². The minimum atomic E-state index is -3.54. The highest BCUT2D eigenvalue weighted by Gasteiger charge is 2.31. The minimum Gasteiger partial charge on any atom is -0.390 e. The van der Waals surface area contributed by atoms with Gasteiger partial charge in [0.05, 0.1) is 17.7 Å². The summed E-state index contributed by atoms with van der Waals surface area (Å²) < 4.78 is 27.6. The molecule has 0 unspecified atom stereocenters. The van der Waals surface area contributed by atoms with Crippen LogP contribution in [-0.2, 0) is 16.8 Å². The molecule has 3 rings (SSSR count). The summed E-state index contributed by atoms with van der Waals surface area (Å²) >= 11 is 0. The molecule has 8 heteroatoms. The van der Waals surface area contributed by atoms with Crippen molar-refractivity contribution in [1.29, 1.82) is 0 Å². The van der Waals surface area contributed by atoms with E-state index in [9.17, 15) is 13.5 Å². The molecule has 7 nitrogen and oxygen atoms in total. The zero-order chi connectivity index (χ0) is 18.0. The molecule has 0 bridgehead atoms. The van der Waals surface area contributed by atoms with Crippen LogP contribution in [0.5, 0.6) is 0 Å². The predicted octanol–water partition coefficient (Wildman–Crippen LogP) is 0.566. The highest BCUT2D eigenvalue weighted by Crippen LogP contribution is 2.20. The Hall–Kier alpha value is -1.58. The van der Waals surface area contributed by atoms with Crippen molar-refractivity contribution >= 4 is 21.1 Å². The summed E-state index contributed by atoms with van der Waals surface area (Å²) in [6.45, 7) is 1.85. The van der Waals surface area contributed by atoms with Crippen LogP contribution in [0.15, 0.2) is 36.5 Å². The Morgan fingerprint density at radius 1 is 1.32 bits per heavy atom. The zero-order valence-corrected chi connectivity index (χ0v) is 15.3. The van der Waals surface area contributed by atoms with Crippen LogP contribution in [0.1, 0.15) is 12.0 Å².